The van der Waals surface area contributed by atoms with Crippen molar-refractivity contribution in [2.75, 3.05) is 0 Å². The monoisotopic (exact) mass is 241 g/mol. The molecule has 1 rings (SSSR count). The minimum Gasteiger partial charge on any atom is -0.349 e. The van der Waals surface area contributed by atoms with Crippen molar-refractivity contribution >= 4 is 18.5 Å². The second-order valence-electron chi connectivity index (χ2n) is 4.17. The first-order valence-corrected chi connectivity index (χ1v) is 5.66. The van der Waals surface area contributed by atoms with Gasteiger partial charge in [0.2, 0.25) is 0 Å². The number of carbonyl (C=O) groups excluding carboxylic acids is 1. The van der Waals surface area contributed by atoms with Gasteiger partial charge in [0, 0.05) is 16.5 Å². The summed E-state index contributed by atoms with van der Waals surface area (Å²) in [4.78, 5) is 11.9. The molecule has 1 aromatic rings. The number of hydrogen-bond donors (Lipinski definition) is 2. The molecule has 0 fully saturated rings. The van der Waals surface area contributed by atoms with Crippen LogP contribution in [-0.4, -0.2) is 11.9 Å². The molecule has 0 aliphatic carbocycles. The Hall–Kier alpha value is -1.03. The molecular weight excluding hydrogens is 225 g/mol. The lowest BCUT2D eigenvalue weighted by Crippen LogP contribution is -2.36. The van der Waals surface area contributed by atoms with Crippen molar-refractivity contribution in [1.29, 1.82) is 0 Å². The number of nitrogens with one attached hydrogen (secondary N) is 1. The first kappa shape index (κ1) is 13.0. The van der Waals surface area contributed by atoms with Crippen LogP contribution in [-0.2, 0) is 0 Å². The maximum absolute atomic E-state index is 12.9. The van der Waals surface area contributed by atoms with E-state index in [0.717, 1.165) is 0 Å². The SMILES string of the molecule is CC(C)C(C)NC(=O)c1ccc(F)c(S)c1. The molecule has 4 heteroatoms. The molecule has 1 unspecified atom stereocenters. The highest BCUT2D eigenvalue weighted by molar-refractivity contribution is 7.80. The summed E-state index contributed by atoms with van der Waals surface area (Å²) >= 11 is 3.94. The van der Waals surface area contributed by atoms with Crippen LogP contribution in [0.15, 0.2) is 23.1 Å². The zero-order valence-corrected chi connectivity index (χ0v) is 10.5. The Morgan fingerprint density at radius 2 is 2.00 bits per heavy atom. The van der Waals surface area contributed by atoms with Gasteiger partial charge in [0.15, 0.2) is 0 Å². The Labute approximate surface area is 101 Å². The van der Waals surface area contributed by atoms with Gasteiger partial charge in [-0.15, -0.1) is 12.6 Å². The molecule has 1 N–H and O–H groups in total. The van der Waals surface area contributed by atoms with Crippen molar-refractivity contribution in [1.82, 2.24) is 5.32 Å². The van der Waals surface area contributed by atoms with Gasteiger partial charge < -0.3 is 5.32 Å². The summed E-state index contributed by atoms with van der Waals surface area (Å²) in [5, 5.41) is 2.85. The Morgan fingerprint density at radius 1 is 1.38 bits per heavy atom. The highest BCUT2D eigenvalue weighted by atomic mass is 32.1. The minimum atomic E-state index is -0.420. The second kappa shape index (κ2) is 5.34. The maximum atomic E-state index is 12.9. The lowest BCUT2D eigenvalue weighted by Gasteiger charge is -2.17. The first-order chi connectivity index (χ1) is 7.41. The van der Waals surface area contributed by atoms with E-state index in [2.05, 4.69) is 17.9 Å². The van der Waals surface area contributed by atoms with E-state index in [0.29, 0.717) is 11.5 Å². The number of benzene rings is 1. The van der Waals surface area contributed by atoms with Crippen molar-refractivity contribution in [3.05, 3.63) is 29.6 Å². The number of carbonyl (C=O) groups is 1. The molecule has 0 bridgehead atoms. The number of amides is 1. The molecule has 0 aliphatic heterocycles. The average molecular weight is 241 g/mol. The Balaban J connectivity index is 2.77. The summed E-state index contributed by atoms with van der Waals surface area (Å²) < 4.78 is 12.9. The van der Waals surface area contributed by atoms with Gasteiger partial charge in [0.05, 0.1) is 0 Å². The molecule has 0 aromatic heterocycles. The highest BCUT2D eigenvalue weighted by Gasteiger charge is 2.13. The zero-order chi connectivity index (χ0) is 12.3. The fraction of sp³-hybridized carbons (Fsp3) is 0.417. The maximum Gasteiger partial charge on any atom is 0.251 e. The van der Waals surface area contributed by atoms with Gasteiger partial charge in [-0.1, -0.05) is 13.8 Å². The standard InChI is InChI=1S/C12H16FNOS/c1-7(2)8(3)14-12(15)9-4-5-10(13)11(16)6-9/h4-8,16H,1-3H3,(H,14,15). The predicted octanol–water partition coefficient (Wildman–Crippen LogP) is 2.89. The molecule has 0 heterocycles. The summed E-state index contributed by atoms with van der Waals surface area (Å²) in [6.07, 6.45) is 0. The fourth-order valence-electron chi connectivity index (χ4n) is 1.11. The molecule has 0 aliphatic rings. The lowest BCUT2D eigenvalue weighted by atomic mass is 10.1. The third kappa shape index (κ3) is 3.23. The van der Waals surface area contributed by atoms with Crippen molar-refractivity contribution in [2.24, 2.45) is 5.92 Å². The molecular formula is C12H16FNOS. The normalized spacial score (nSPS) is 12.6. The largest absolute Gasteiger partial charge is 0.349 e. The van der Waals surface area contributed by atoms with Crippen LogP contribution in [0.25, 0.3) is 0 Å². The number of thiol groups is 1. The van der Waals surface area contributed by atoms with E-state index in [1.807, 2.05) is 20.8 Å². The van der Waals surface area contributed by atoms with Gasteiger partial charge in [-0.2, -0.15) is 0 Å². The Bertz CT molecular complexity index is 393. The molecule has 0 radical (unpaired) electrons. The molecule has 0 saturated heterocycles. The summed E-state index contributed by atoms with van der Waals surface area (Å²) in [6, 6.07) is 4.22. The van der Waals surface area contributed by atoms with Gasteiger partial charge in [0.1, 0.15) is 5.82 Å². The van der Waals surface area contributed by atoms with Crippen LogP contribution >= 0.6 is 12.6 Å². The van der Waals surface area contributed by atoms with Crippen LogP contribution in [0.3, 0.4) is 0 Å². The predicted molar refractivity (Wildman–Crippen MR) is 65.4 cm³/mol. The third-order valence-corrected chi connectivity index (χ3v) is 2.91. The molecule has 1 amide bonds. The topological polar surface area (TPSA) is 29.1 Å². The highest BCUT2D eigenvalue weighted by Crippen LogP contribution is 2.14. The van der Waals surface area contributed by atoms with Crippen LogP contribution in [0.2, 0.25) is 0 Å². The van der Waals surface area contributed by atoms with Crippen molar-refractivity contribution in [2.45, 2.75) is 31.7 Å². The fourth-order valence-corrected chi connectivity index (χ4v) is 1.32. The van der Waals surface area contributed by atoms with Crippen LogP contribution in [0.4, 0.5) is 4.39 Å². The van der Waals surface area contributed by atoms with E-state index in [9.17, 15) is 9.18 Å². The van der Waals surface area contributed by atoms with Crippen LogP contribution in [0, 0.1) is 11.7 Å². The van der Waals surface area contributed by atoms with Gasteiger partial charge in [-0.25, -0.2) is 4.39 Å². The van der Waals surface area contributed by atoms with Crippen molar-refractivity contribution in [3.63, 3.8) is 0 Å². The van der Waals surface area contributed by atoms with Crippen molar-refractivity contribution < 1.29 is 9.18 Å². The minimum absolute atomic E-state index is 0.0842. The second-order valence-corrected chi connectivity index (χ2v) is 4.65. The molecule has 1 atom stereocenters. The van der Waals surface area contributed by atoms with E-state index in [4.69, 9.17) is 0 Å². The third-order valence-electron chi connectivity index (χ3n) is 2.57. The molecule has 16 heavy (non-hydrogen) atoms. The molecule has 0 saturated carbocycles. The quantitative estimate of drug-likeness (QED) is 0.783. The zero-order valence-electron chi connectivity index (χ0n) is 9.62. The molecule has 0 spiro atoms. The van der Waals surface area contributed by atoms with Crippen LogP contribution in [0.1, 0.15) is 31.1 Å². The van der Waals surface area contributed by atoms with Gasteiger partial charge in [0.25, 0.3) is 5.91 Å². The Morgan fingerprint density at radius 3 is 2.50 bits per heavy atom. The van der Waals surface area contributed by atoms with Crippen LogP contribution < -0.4 is 5.32 Å². The summed E-state index contributed by atoms with van der Waals surface area (Å²) in [5.74, 6) is -0.256. The number of halogens is 1. The molecule has 2 nitrogen and oxygen atoms in total. The lowest BCUT2D eigenvalue weighted by molar-refractivity contribution is 0.0930. The average Bonchev–Trinajstić information content (AvgIpc) is 2.21. The summed E-state index contributed by atoms with van der Waals surface area (Å²) in [5.41, 5.74) is 0.430. The smallest absolute Gasteiger partial charge is 0.251 e. The first-order valence-electron chi connectivity index (χ1n) is 5.21. The molecule has 1 aromatic carbocycles. The number of hydrogen-bond acceptors (Lipinski definition) is 2. The molecule has 88 valence electrons. The Kier molecular flexibility index (Phi) is 4.35. The van der Waals surface area contributed by atoms with Crippen molar-refractivity contribution in [3.8, 4) is 0 Å². The van der Waals surface area contributed by atoms with Gasteiger partial charge >= 0.3 is 0 Å². The van der Waals surface area contributed by atoms with Crippen LogP contribution in [0.5, 0.6) is 0 Å². The van der Waals surface area contributed by atoms with E-state index in [1.165, 1.54) is 18.2 Å². The summed E-state index contributed by atoms with van der Waals surface area (Å²) in [7, 11) is 0. The van der Waals surface area contributed by atoms with Gasteiger partial charge in [-0.3, -0.25) is 4.79 Å². The summed E-state index contributed by atoms with van der Waals surface area (Å²) in [6.45, 7) is 5.99. The number of rotatable bonds is 3. The van der Waals surface area contributed by atoms with E-state index < -0.39 is 5.82 Å². The van der Waals surface area contributed by atoms with E-state index in [1.54, 1.807) is 0 Å². The van der Waals surface area contributed by atoms with E-state index in [-0.39, 0.29) is 16.8 Å². The van der Waals surface area contributed by atoms with E-state index >= 15 is 0 Å². The van der Waals surface area contributed by atoms with Gasteiger partial charge in [-0.05, 0) is 31.0 Å².